The van der Waals surface area contributed by atoms with Gasteiger partial charge in [-0.2, -0.15) is 4.99 Å². The normalized spacial score (nSPS) is 15.8. The van der Waals surface area contributed by atoms with Crippen molar-refractivity contribution in [3.05, 3.63) is 35.9 Å². The van der Waals surface area contributed by atoms with Gasteiger partial charge in [0.25, 0.3) is 0 Å². The molecule has 1 aliphatic carbocycles. The van der Waals surface area contributed by atoms with E-state index in [1.54, 1.807) is 13.2 Å². The number of methoxy groups -OCH3 is 1. The lowest BCUT2D eigenvalue weighted by atomic mass is 9.98. The fourth-order valence-corrected chi connectivity index (χ4v) is 2.51. The molecule has 0 heterocycles. The van der Waals surface area contributed by atoms with E-state index in [0.29, 0.717) is 16.7 Å². The van der Waals surface area contributed by atoms with Gasteiger partial charge in [0, 0.05) is 16.3 Å². The maximum absolute atomic E-state index is 10.5. The Morgan fingerprint density at radius 1 is 1.26 bits per heavy atom. The van der Waals surface area contributed by atoms with Crippen molar-refractivity contribution < 1.29 is 14.6 Å². The second-order valence-corrected chi connectivity index (χ2v) is 4.75. The third-order valence-electron chi connectivity index (χ3n) is 3.70. The topological polar surface area (TPSA) is 58.9 Å². The lowest BCUT2D eigenvalue weighted by Crippen LogP contribution is -2.02. The molecule has 1 N–H and O–H groups in total. The van der Waals surface area contributed by atoms with E-state index in [2.05, 4.69) is 4.99 Å². The summed E-state index contributed by atoms with van der Waals surface area (Å²) in [5.74, 6) is 0.885. The van der Waals surface area contributed by atoms with E-state index in [1.807, 2.05) is 30.3 Å². The van der Waals surface area contributed by atoms with Crippen molar-refractivity contribution in [3.63, 3.8) is 0 Å². The second kappa shape index (κ2) is 4.11. The number of isocyanates is 1. The zero-order valence-corrected chi connectivity index (χ0v) is 10.5. The number of phenols is 1. The van der Waals surface area contributed by atoms with Crippen LogP contribution >= 0.6 is 0 Å². The molecule has 0 atom stereocenters. The highest BCUT2D eigenvalue weighted by Crippen LogP contribution is 2.53. The number of ether oxygens (including phenoxy) is 1. The van der Waals surface area contributed by atoms with Gasteiger partial charge in [0.1, 0.15) is 17.0 Å². The van der Waals surface area contributed by atoms with E-state index in [0.717, 1.165) is 18.2 Å². The maximum Gasteiger partial charge on any atom is 0.235 e. The lowest BCUT2D eigenvalue weighted by Gasteiger charge is -2.14. The number of aromatic hydroxyl groups is 1. The minimum Gasteiger partial charge on any atom is -0.507 e. The van der Waals surface area contributed by atoms with Crippen LogP contribution in [0.25, 0.3) is 10.8 Å². The molecule has 1 saturated carbocycles. The molecule has 0 spiro atoms. The number of rotatable bonds is 3. The fraction of sp³-hybridized carbons (Fsp3) is 0.267. The van der Waals surface area contributed by atoms with Crippen molar-refractivity contribution in [3.8, 4) is 11.5 Å². The van der Waals surface area contributed by atoms with Crippen molar-refractivity contribution in [2.24, 2.45) is 4.99 Å². The van der Waals surface area contributed by atoms with E-state index >= 15 is 0 Å². The minimum atomic E-state index is -0.566. The number of nitrogens with zero attached hydrogens (tertiary/aromatic N) is 1. The molecule has 0 unspecified atom stereocenters. The molecule has 96 valence electrons. The molecule has 1 fully saturated rings. The highest BCUT2D eigenvalue weighted by Gasteiger charge is 2.46. The van der Waals surface area contributed by atoms with E-state index in [9.17, 15) is 9.90 Å². The summed E-state index contributed by atoms with van der Waals surface area (Å²) in [5.41, 5.74) is 0.125. The number of carbonyl (C=O) groups excluding carboxylic acids is 1. The first-order chi connectivity index (χ1) is 9.22. The molecule has 4 heteroatoms. The molecule has 2 aromatic carbocycles. The monoisotopic (exact) mass is 255 g/mol. The van der Waals surface area contributed by atoms with Crippen molar-refractivity contribution in [1.82, 2.24) is 0 Å². The molecule has 2 aromatic rings. The summed E-state index contributed by atoms with van der Waals surface area (Å²) in [6.07, 6.45) is 3.14. The van der Waals surface area contributed by atoms with Gasteiger partial charge >= 0.3 is 0 Å². The smallest absolute Gasteiger partial charge is 0.235 e. The number of hydrogen-bond acceptors (Lipinski definition) is 4. The summed E-state index contributed by atoms with van der Waals surface area (Å²) in [5, 5.41) is 12.0. The SMILES string of the molecule is COc1cccc2c(O)c(C3(N=C=O)CC3)ccc12. The van der Waals surface area contributed by atoms with Crippen LogP contribution in [0.3, 0.4) is 0 Å². The van der Waals surface area contributed by atoms with Gasteiger partial charge in [-0.05, 0) is 18.9 Å². The molecule has 0 aliphatic heterocycles. The predicted molar refractivity (Wildman–Crippen MR) is 71.2 cm³/mol. The predicted octanol–water partition coefficient (Wildman–Crippen LogP) is 2.88. The largest absolute Gasteiger partial charge is 0.507 e. The molecule has 0 saturated heterocycles. The summed E-state index contributed by atoms with van der Waals surface area (Å²) >= 11 is 0. The molecule has 0 radical (unpaired) electrons. The van der Waals surface area contributed by atoms with Crippen LogP contribution in [0.1, 0.15) is 18.4 Å². The van der Waals surface area contributed by atoms with E-state index in [1.165, 1.54) is 0 Å². The molecule has 0 aromatic heterocycles. The van der Waals surface area contributed by atoms with Crippen molar-refractivity contribution in [2.75, 3.05) is 7.11 Å². The van der Waals surface area contributed by atoms with Gasteiger partial charge < -0.3 is 9.84 Å². The summed E-state index contributed by atoms with van der Waals surface area (Å²) in [6.45, 7) is 0. The number of hydrogen-bond donors (Lipinski definition) is 1. The first-order valence-electron chi connectivity index (χ1n) is 6.10. The van der Waals surface area contributed by atoms with Gasteiger partial charge in [-0.3, -0.25) is 0 Å². The Kier molecular flexibility index (Phi) is 2.54. The molecular formula is C15H13NO3. The molecule has 0 amide bonds. The quantitative estimate of drug-likeness (QED) is 0.677. The molecule has 3 rings (SSSR count). The highest BCUT2D eigenvalue weighted by atomic mass is 16.5. The lowest BCUT2D eigenvalue weighted by molar-refractivity contribution is 0.419. The molecule has 4 nitrogen and oxygen atoms in total. The van der Waals surface area contributed by atoms with Crippen LogP contribution in [-0.2, 0) is 10.3 Å². The number of fused-ring (bicyclic) bond motifs is 1. The van der Waals surface area contributed by atoms with E-state index in [4.69, 9.17) is 4.74 Å². The van der Waals surface area contributed by atoms with E-state index in [-0.39, 0.29) is 5.75 Å². The minimum absolute atomic E-state index is 0.174. The van der Waals surface area contributed by atoms with Gasteiger partial charge in [-0.25, -0.2) is 4.79 Å². The number of aliphatic imine (C=N–C) groups is 1. The van der Waals surface area contributed by atoms with Crippen LogP contribution < -0.4 is 4.74 Å². The second-order valence-electron chi connectivity index (χ2n) is 4.75. The fourth-order valence-electron chi connectivity index (χ4n) is 2.51. The summed E-state index contributed by atoms with van der Waals surface area (Å²) < 4.78 is 5.27. The average molecular weight is 255 g/mol. The summed E-state index contributed by atoms with van der Waals surface area (Å²) in [6, 6.07) is 9.21. The number of benzene rings is 2. The Bertz CT molecular complexity index is 698. The van der Waals surface area contributed by atoms with Crippen LogP contribution in [0.5, 0.6) is 11.5 Å². The van der Waals surface area contributed by atoms with Gasteiger partial charge in [-0.1, -0.05) is 24.3 Å². The Morgan fingerprint density at radius 2 is 2.05 bits per heavy atom. The average Bonchev–Trinajstić information content (AvgIpc) is 3.20. The Hall–Kier alpha value is -2.32. The Balaban J connectivity index is 2.25. The van der Waals surface area contributed by atoms with Crippen molar-refractivity contribution >= 4 is 16.9 Å². The highest BCUT2D eigenvalue weighted by molar-refractivity contribution is 5.94. The standard InChI is InChI=1S/C15H13NO3/c1-19-13-4-2-3-11-10(13)5-6-12(14(11)18)15(7-8-15)16-9-17/h2-6,18H,7-8H2,1H3. The van der Waals surface area contributed by atoms with Gasteiger partial charge in [0.15, 0.2) is 0 Å². The van der Waals surface area contributed by atoms with Crippen LogP contribution in [0.2, 0.25) is 0 Å². The Morgan fingerprint density at radius 3 is 2.68 bits per heavy atom. The maximum atomic E-state index is 10.5. The molecular weight excluding hydrogens is 242 g/mol. The third kappa shape index (κ3) is 1.69. The van der Waals surface area contributed by atoms with Crippen LogP contribution in [0.4, 0.5) is 0 Å². The zero-order valence-electron chi connectivity index (χ0n) is 10.5. The van der Waals surface area contributed by atoms with Gasteiger partial charge in [-0.15, -0.1) is 0 Å². The van der Waals surface area contributed by atoms with Gasteiger partial charge in [0.2, 0.25) is 6.08 Å². The van der Waals surface area contributed by atoms with Crippen LogP contribution in [-0.4, -0.2) is 18.3 Å². The Labute approximate surface area is 110 Å². The molecule has 0 bridgehead atoms. The van der Waals surface area contributed by atoms with Crippen molar-refractivity contribution in [2.45, 2.75) is 18.4 Å². The first-order valence-corrected chi connectivity index (χ1v) is 6.10. The van der Waals surface area contributed by atoms with Gasteiger partial charge in [0.05, 0.1) is 7.11 Å². The zero-order chi connectivity index (χ0) is 13.5. The third-order valence-corrected chi connectivity index (χ3v) is 3.70. The molecule has 1 aliphatic rings. The van der Waals surface area contributed by atoms with Crippen LogP contribution in [0, 0.1) is 0 Å². The summed E-state index contributed by atoms with van der Waals surface area (Å²) in [7, 11) is 1.60. The van der Waals surface area contributed by atoms with E-state index < -0.39 is 5.54 Å². The number of phenolic OH excluding ortho intramolecular Hbond substituents is 1. The molecule has 19 heavy (non-hydrogen) atoms. The van der Waals surface area contributed by atoms with Crippen molar-refractivity contribution in [1.29, 1.82) is 0 Å². The van der Waals surface area contributed by atoms with Crippen LogP contribution in [0.15, 0.2) is 35.3 Å². The first kappa shape index (κ1) is 11.8. The summed E-state index contributed by atoms with van der Waals surface area (Å²) in [4.78, 5) is 14.4.